The molecule has 0 aliphatic rings. The van der Waals surface area contributed by atoms with Gasteiger partial charge in [0.2, 0.25) is 0 Å². The van der Waals surface area contributed by atoms with E-state index in [0.717, 1.165) is 12.2 Å². The van der Waals surface area contributed by atoms with Crippen LogP contribution < -0.4 is 15.4 Å². The van der Waals surface area contributed by atoms with Gasteiger partial charge in [0.15, 0.2) is 11.6 Å². The van der Waals surface area contributed by atoms with E-state index >= 15 is 0 Å². The van der Waals surface area contributed by atoms with Gasteiger partial charge >= 0.3 is 0 Å². The molecule has 2 N–H and O–H groups in total. The van der Waals surface area contributed by atoms with Gasteiger partial charge in [-0.2, -0.15) is 0 Å². The van der Waals surface area contributed by atoms with Crippen LogP contribution in [0.2, 0.25) is 0 Å². The number of carbonyl (C=O) groups excluding carboxylic acids is 1. The van der Waals surface area contributed by atoms with Crippen molar-refractivity contribution in [2.45, 2.75) is 6.92 Å². The average Bonchev–Trinajstić information content (AvgIpc) is 2.50. The van der Waals surface area contributed by atoms with Gasteiger partial charge in [-0.3, -0.25) is 9.78 Å². The highest BCUT2D eigenvalue weighted by Crippen LogP contribution is 2.22. The molecule has 2 rings (SSSR count). The number of carbonyl (C=O) groups is 1. The lowest BCUT2D eigenvalue weighted by atomic mass is 10.2. The van der Waals surface area contributed by atoms with Crippen LogP contribution in [0.25, 0.3) is 0 Å². The molecule has 0 bridgehead atoms. The number of benzene rings is 1. The van der Waals surface area contributed by atoms with Crippen LogP contribution in [0.4, 0.5) is 15.8 Å². The number of aromatic nitrogens is 1. The molecule has 1 aromatic heterocycles. The summed E-state index contributed by atoms with van der Waals surface area (Å²) < 4.78 is 18.2. The molecule has 0 aliphatic heterocycles. The molecule has 110 valence electrons. The lowest BCUT2D eigenvalue weighted by Crippen LogP contribution is -2.14. The minimum absolute atomic E-state index is 0.0714. The highest BCUT2D eigenvalue weighted by atomic mass is 19.1. The maximum Gasteiger partial charge on any atom is 0.274 e. The third-order valence-electron chi connectivity index (χ3n) is 2.78. The Morgan fingerprint density at radius 2 is 2.10 bits per heavy atom. The van der Waals surface area contributed by atoms with Crippen LogP contribution in [0.5, 0.6) is 5.75 Å². The van der Waals surface area contributed by atoms with Crippen molar-refractivity contribution < 1.29 is 13.9 Å². The molecule has 6 heteroatoms. The second kappa shape index (κ2) is 6.69. The molecule has 0 aliphatic carbocycles. The van der Waals surface area contributed by atoms with Crippen molar-refractivity contribution in [1.82, 2.24) is 4.98 Å². The fraction of sp³-hybridized carbons (Fsp3) is 0.200. The van der Waals surface area contributed by atoms with E-state index < -0.39 is 5.82 Å². The summed E-state index contributed by atoms with van der Waals surface area (Å²) in [5.41, 5.74) is 1.53. The van der Waals surface area contributed by atoms with Gasteiger partial charge in [0.1, 0.15) is 5.69 Å². The molecule has 0 saturated carbocycles. The number of nitrogens with zero attached hydrogens (tertiary/aromatic N) is 1. The van der Waals surface area contributed by atoms with E-state index in [0.29, 0.717) is 5.69 Å². The first kappa shape index (κ1) is 14.8. The number of rotatable bonds is 5. The summed E-state index contributed by atoms with van der Waals surface area (Å²) in [6.45, 7) is 2.71. The van der Waals surface area contributed by atoms with Crippen LogP contribution >= 0.6 is 0 Å². The maximum atomic E-state index is 13.3. The highest BCUT2D eigenvalue weighted by Gasteiger charge is 2.10. The van der Waals surface area contributed by atoms with Crippen molar-refractivity contribution >= 4 is 17.3 Å². The summed E-state index contributed by atoms with van der Waals surface area (Å²) in [5, 5.41) is 5.76. The first-order valence-corrected chi connectivity index (χ1v) is 6.49. The van der Waals surface area contributed by atoms with Gasteiger partial charge in [0.05, 0.1) is 7.11 Å². The number of ether oxygens (including phenoxy) is 1. The number of amides is 1. The van der Waals surface area contributed by atoms with Gasteiger partial charge in [-0.1, -0.05) is 0 Å². The van der Waals surface area contributed by atoms with Crippen LogP contribution in [0.15, 0.2) is 36.5 Å². The molecule has 0 spiro atoms. The summed E-state index contributed by atoms with van der Waals surface area (Å²) in [7, 11) is 1.37. The summed E-state index contributed by atoms with van der Waals surface area (Å²) in [5.74, 6) is -0.784. The average molecular weight is 289 g/mol. The smallest absolute Gasteiger partial charge is 0.274 e. The second-order valence-electron chi connectivity index (χ2n) is 4.26. The number of hydrogen-bond acceptors (Lipinski definition) is 4. The van der Waals surface area contributed by atoms with Crippen molar-refractivity contribution in [2.75, 3.05) is 24.3 Å². The monoisotopic (exact) mass is 289 g/mol. The number of methoxy groups -OCH3 is 1. The van der Waals surface area contributed by atoms with Crippen molar-refractivity contribution in [1.29, 1.82) is 0 Å². The Bertz CT molecular complexity index is 647. The third-order valence-corrected chi connectivity index (χ3v) is 2.78. The minimum atomic E-state index is -0.484. The Kier molecular flexibility index (Phi) is 4.71. The molecule has 0 unspecified atom stereocenters. The fourth-order valence-corrected chi connectivity index (χ4v) is 1.80. The maximum absolute atomic E-state index is 13.3. The predicted octanol–water partition coefficient (Wildman–Crippen LogP) is 2.91. The molecule has 2 aromatic rings. The SMILES string of the molecule is CCNc1ccnc(C(=O)Nc2ccc(F)c(OC)c2)c1. The van der Waals surface area contributed by atoms with E-state index in [9.17, 15) is 9.18 Å². The molecule has 0 fully saturated rings. The van der Waals surface area contributed by atoms with Gasteiger partial charge in [0.25, 0.3) is 5.91 Å². The second-order valence-corrected chi connectivity index (χ2v) is 4.26. The Morgan fingerprint density at radius 1 is 1.29 bits per heavy atom. The number of pyridine rings is 1. The largest absolute Gasteiger partial charge is 0.494 e. The van der Waals surface area contributed by atoms with E-state index in [1.807, 2.05) is 6.92 Å². The third kappa shape index (κ3) is 3.68. The zero-order valence-electron chi connectivity index (χ0n) is 11.8. The topological polar surface area (TPSA) is 63.2 Å². The van der Waals surface area contributed by atoms with Crippen molar-refractivity contribution in [2.24, 2.45) is 0 Å². The predicted molar refractivity (Wildman–Crippen MR) is 79.3 cm³/mol. The zero-order chi connectivity index (χ0) is 15.2. The van der Waals surface area contributed by atoms with Crippen molar-refractivity contribution in [3.63, 3.8) is 0 Å². The normalized spacial score (nSPS) is 10.0. The summed E-state index contributed by atoms with van der Waals surface area (Å²) >= 11 is 0. The number of nitrogens with one attached hydrogen (secondary N) is 2. The Morgan fingerprint density at radius 3 is 2.81 bits per heavy atom. The van der Waals surface area contributed by atoms with Gasteiger partial charge in [-0.15, -0.1) is 0 Å². The molecule has 5 nitrogen and oxygen atoms in total. The van der Waals surface area contributed by atoms with Gasteiger partial charge < -0.3 is 15.4 Å². The molecular weight excluding hydrogens is 273 g/mol. The van der Waals surface area contributed by atoms with Crippen LogP contribution in [-0.4, -0.2) is 24.5 Å². The van der Waals surface area contributed by atoms with Crippen molar-refractivity contribution in [3.05, 3.63) is 48.0 Å². The first-order chi connectivity index (χ1) is 10.1. The quantitative estimate of drug-likeness (QED) is 0.888. The minimum Gasteiger partial charge on any atom is -0.494 e. The molecule has 1 amide bonds. The van der Waals surface area contributed by atoms with E-state index in [2.05, 4.69) is 15.6 Å². The molecule has 1 aromatic carbocycles. The zero-order valence-corrected chi connectivity index (χ0v) is 11.8. The van der Waals surface area contributed by atoms with Gasteiger partial charge in [-0.25, -0.2) is 4.39 Å². The standard InChI is InChI=1S/C15H16FN3O2/c1-3-17-10-6-7-18-13(8-10)15(20)19-11-4-5-12(16)14(9-11)21-2/h4-9H,3H2,1-2H3,(H,17,18)(H,19,20). The Labute approximate surface area is 122 Å². The van der Waals surface area contributed by atoms with E-state index in [4.69, 9.17) is 4.74 Å². The molecule has 21 heavy (non-hydrogen) atoms. The first-order valence-electron chi connectivity index (χ1n) is 6.49. The Hall–Kier alpha value is -2.63. The van der Waals surface area contributed by atoms with E-state index in [1.54, 1.807) is 18.3 Å². The van der Waals surface area contributed by atoms with Crippen LogP contribution in [-0.2, 0) is 0 Å². The lowest BCUT2D eigenvalue weighted by Gasteiger charge is -2.08. The van der Waals surface area contributed by atoms with Crippen molar-refractivity contribution in [3.8, 4) is 5.75 Å². The van der Waals surface area contributed by atoms with Crippen LogP contribution in [0.1, 0.15) is 17.4 Å². The summed E-state index contributed by atoms with van der Waals surface area (Å²) in [6.07, 6.45) is 1.55. The van der Waals surface area contributed by atoms with Gasteiger partial charge in [0, 0.05) is 30.2 Å². The molecule has 0 radical (unpaired) electrons. The molecule has 1 heterocycles. The van der Waals surface area contributed by atoms with E-state index in [-0.39, 0.29) is 17.4 Å². The molecule has 0 saturated heterocycles. The van der Waals surface area contributed by atoms with Crippen LogP contribution in [0.3, 0.4) is 0 Å². The summed E-state index contributed by atoms with van der Waals surface area (Å²) in [4.78, 5) is 16.1. The Balaban J connectivity index is 2.16. The lowest BCUT2D eigenvalue weighted by molar-refractivity contribution is 0.102. The summed E-state index contributed by atoms with van der Waals surface area (Å²) in [6, 6.07) is 7.54. The van der Waals surface area contributed by atoms with Crippen LogP contribution in [0, 0.1) is 5.82 Å². The highest BCUT2D eigenvalue weighted by molar-refractivity contribution is 6.03. The number of halogens is 1. The number of anilines is 2. The fourth-order valence-electron chi connectivity index (χ4n) is 1.80. The molecular formula is C15H16FN3O2. The number of hydrogen-bond donors (Lipinski definition) is 2. The van der Waals surface area contributed by atoms with Gasteiger partial charge in [-0.05, 0) is 31.2 Å². The molecule has 0 atom stereocenters. The van der Waals surface area contributed by atoms with E-state index in [1.165, 1.54) is 25.3 Å².